The molecule has 0 amide bonds. The van der Waals surface area contributed by atoms with Crippen LogP contribution >= 0.6 is 11.8 Å². The zero-order valence-corrected chi connectivity index (χ0v) is 9.56. The number of carbonyl (C=O) groups is 2. The molecule has 0 fully saturated rings. The van der Waals surface area contributed by atoms with Gasteiger partial charge in [-0.15, -0.1) is 0 Å². The van der Waals surface area contributed by atoms with Crippen molar-refractivity contribution in [1.29, 1.82) is 0 Å². The third-order valence-electron chi connectivity index (χ3n) is 1.22. The first-order valence-corrected chi connectivity index (χ1v) is 5.43. The molecular weight excluding hydrogens is 204 g/mol. The normalized spacial score (nSPS) is 10.0. The number of hydrogen-bond donors (Lipinski definition) is 0. The Morgan fingerprint density at radius 1 is 1.29 bits per heavy atom. The van der Waals surface area contributed by atoms with Gasteiger partial charge in [0.2, 0.25) is 0 Å². The van der Waals surface area contributed by atoms with Gasteiger partial charge in [-0.2, -0.15) is 0 Å². The van der Waals surface area contributed by atoms with Gasteiger partial charge in [0.25, 0.3) is 0 Å². The Morgan fingerprint density at radius 3 is 2.43 bits per heavy atom. The van der Waals surface area contributed by atoms with E-state index in [1.165, 1.54) is 0 Å². The second-order valence-corrected chi connectivity index (χ2v) is 3.84. The molecule has 0 saturated carbocycles. The number of carbonyl (C=O) groups excluding carboxylic acids is 2. The average Bonchev–Trinajstić information content (AvgIpc) is 2.02. The molecule has 14 heavy (non-hydrogen) atoms. The van der Waals surface area contributed by atoms with Crippen molar-refractivity contribution in [3.05, 3.63) is 0 Å². The quantitative estimate of drug-likeness (QED) is 0.538. The van der Waals surface area contributed by atoms with Crippen LogP contribution in [-0.2, 0) is 9.47 Å². The molecule has 0 rings (SSSR count). The molecule has 0 atom stereocenters. The Hall–Kier alpha value is -0.710. The minimum Gasteiger partial charge on any atom is -0.457 e. The van der Waals surface area contributed by atoms with E-state index < -0.39 is 10.6 Å². The maximum atomic E-state index is 10.9. The summed E-state index contributed by atoms with van der Waals surface area (Å²) in [4.78, 5) is 21.9. The van der Waals surface area contributed by atoms with Crippen molar-refractivity contribution in [1.82, 2.24) is 0 Å². The highest BCUT2D eigenvalue weighted by Gasteiger charge is 2.14. The minimum atomic E-state index is -0.610. The molecule has 0 saturated heterocycles. The zero-order chi connectivity index (χ0) is 11.0. The standard InChI is InChI=1S/C9H16O4S/c1-4-5-6-12-8(10)14-9(11)13-7(2)3/h7H,4-6H2,1-3H3. The predicted octanol–water partition coefficient (Wildman–Crippen LogP) is 3.20. The molecule has 82 valence electrons. The van der Waals surface area contributed by atoms with Crippen LogP contribution in [0.5, 0.6) is 0 Å². The van der Waals surface area contributed by atoms with Crippen LogP contribution in [0.3, 0.4) is 0 Å². The van der Waals surface area contributed by atoms with Crippen LogP contribution in [0, 0.1) is 0 Å². The van der Waals surface area contributed by atoms with Gasteiger partial charge in [0.05, 0.1) is 24.5 Å². The maximum Gasteiger partial charge on any atom is 0.378 e. The highest BCUT2D eigenvalue weighted by molar-refractivity contribution is 8.25. The van der Waals surface area contributed by atoms with E-state index >= 15 is 0 Å². The zero-order valence-electron chi connectivity index (χ0n) is 8.74. The van der Waals surface area contributed by atoms with E-state index in [1.807, 2.05) is 6.92 Å². The molecular formula is C9H16O4S. The third kappa shape index (κ3) is 7.91. The van der Waals surface area contributed by atoms with Crippen LogP contribution in [0.2, 0.25) is 0 Å². The average molecular weight is 220 g/mol. The van der Waals surface area contributed by atoms with Crippen molar-refractivity contribution in [2.45, 2.75) is 39.7 Å². The highest BCUT2D eigenvalue weighted by atomic mass is 32.2. The van der Waals surface area contributed by atoms with Crippen molar-refractivity contribution in [3.63, 3.8) is 0 Å². The SMILES string of the molecule is CCCCOC(=O)SC(=O)OC(C)C. The van der Waals surface area contributed by atoms with Gasteiger partial charge >= 0.3 is 10.6 Å². The summed E-state index contributed by atoms with van der Waals surface area (Å²) in [6.07, 6.45) is 1.55. The van der Waals surface area contributed by atoms with E-state index in [9.17, 15) is 9.59 Å². The van der Waals surface area contributed by atoms with Crippen LogP contribution in [0.1, 0.15) is 33.6 Å². The summed E-state index contributed by atoms with van der Waals surface area (Å²) in [7, 11) is 0. The summed E-state index contributed by atoms with van der Waals surface area (Å²) in [5, 5.41) is -1.20. The van der Waals surface area contributed by atoms with Crippen molar-refractivity contribution in [2.75, 3.05) is 6.61 Å². The first kappa shape index (κ1) is 13.3. The number of rotatable bonds is 4. The van der Waals surface area contributed by atoms with Crippen LogP contribution in [-0.4, -0.2) is 23.3 Å². The monoisotopic (exact) mass is 220 g/mol. The topological polar surface area (TPSA) is 52.6 Å². The van der Waals surface area contributed by atoms with Crippen LogP contribution in [0.25, 0.3) is 0 Å². The largest absolute Gasteiger partial charge is 0.457 e. The van der Waals surface area contributed by atoms with E-state index in [4.69, 9.17) is 9.47 Å². The molecule has 0 aliphatic carbocycles. The van der Waals surface area contributed by atoms with Crippen molar-refractivity contribution >= 4 is 22.4 Å². The van der Waals surface area contributed by atoms with Crippen molar-refractivity contribution in [3.8, 4) is 0 Å². The molecule has 0 radical (unpaired) electrons. The van der Waals surface area contributed by atoms with Gasteiger partial charge in [-0.25, -0.2) is 9.59 Å². The van der Waals surface area contributed by atoms with E-state index in [0.717, 1.165) is 12.8 Å². The fourth-order valence-electron chi connectivity index (χ4n) is 0.614. The van der Waals surface area contributed by atoms with E-state index in [0.29, 0.717) is 18.4 Å². The lowest BCUT2D eigenvalue weighted by atomic mass is 10.4. The molecule has 0 aromatic heterocycles. The van der Waals surface area contributed by atoms with Crippen LogP contribution in [0.4, 0.5) is 9.59 Å². The smallest absolute Gasteiger partial charge is 0.378 e. The molecule has 5 heteroatoms. The lowest BCUT2D eigenvalue weighted by molar-refractivity contribution is 0.142. The Morgan fingerprint density at radius 2 is 1.93 bits per heavy atom. The van der Waals surface area contributed by atoms with Gasteiger partial charge in [0, 0.05) is 0 Å². The van der Waals surface area contributed by atoms with Crippen molar-refractivity contribution < 1.29 is 19.1 Å². The van der Waals surface area contributed by atoms with Gasteiger partial charge in [-0.3, -0.25) is 0 Å². The fourth-order valence-corrected chi connectivity index (χ4v) is 1.13. The minimum absolute atomic E-state index is 0.210. The maximum absolute atomic E-state index is 10.9. The molecule has 0 unspecified atom stereocenters. The Labute approximate surface area is 88.3 Å². The molecule has 0 N–H and O–H groups in total. The molecule has 4 nitrogen and oxygen atoms in total. The van der Waals surface area contributed by atoms with Gasteiger partial charge in [0.15, 0.2) is 0 Å². The van der Waals surface area contributed by atoms with Gasteiger partial charge in [-0.05, 0) is 20.3 Å². The summed E-state index contributed by atoms with van der Waals surface area (Å²) < 4.78 is 9.51. The molecule has 0 heterocycles. The summed E-state index contributed by atoms with van der Waals surface area (Å²) in [5.74, 6) is 0. The number of hydrogen-bond acceptors (Lipinski definition) is 5. The van der Waals surface area contributed by atoms with Crippen molar-refractivity contribution in [2.24, 2.45) is 0 Å². The number of unbranched alkanes of at least 4 members (excludes halogenated alkanes) is 1. The first-order valence-electron chi connectivity index (χ1n) is 4.61. The molecule has 0 bridgehead atoms. The Balaban J connectivity index is 3.56. The molecule has 0 aliphatic heterocycles. The number of ether oxygens (including phenoxy) is 2. The van der Waals surface area contributed by atoms with Gasteiger partial charge in [-0.1, -0.05) is 13.3 Å². The first-order chi connectivity index (χ1) is 6.56. The lowest BCUT2D eigenvalue weighted by Gasteiger charge is -2.06. The number of thioether (sulfide) groups is 1. The summed E-state index contributed by atoms with van der Waals surface area (Å²) in [6, 6.07) is 0. The molecule has 0 aromatic rings. The van der Waals surface area contributed by atoms with Crippen LogP contribution in [0.15, 0.2) is 0 Å². The van der Waals surface area contributed by atoms with Gasteiger partial charge < -0.3 is 9.47 Å². The lowest BCUT2D eigenvalue weighted by Crippen LogP contribution is -2.10. The third-order valence-corrected chi connectivity index (χ3v) is 1.76. The summed E-state index contributed by atoms with van der Waals surface area (Å²) in [5.41, 5.74) is 0. The second kappa shape index (κ2) is 7.67. The van der Waals surface area contributed by atoms with E-state index in [1.54, 1.807) is 13.8 Å². The van der Waals surface area contributed by atoms with E-state index in [-0.39, 0.29) is 6.10 Å². The van der Waals surface area contributed by atoms with Crippen LogP contribution < -0.4 is 0 Å². The Kier molecular flexibility index (Phi) is 7.28. The Bertz CT molecular complexity index is 191. The fraction of sp³-hybridized carbons (Fsp3) is 0.778. The van der Waals surface area contributed by atoms with E-state index in [2.05, 4.69) is 0 Å². The highest BCUT2D eigenvalue weighted by Crippen LogP contribution is 2.11. The summed E-state index contributed by atoms with van der Waals surface area (Å²) in [6.45, 7) is 5.80. The molecule has 0 spiro atoms. The summed E-state index contributed by atoms with van der Waals surface area (Å²) >= 11 is 0.456. The van der Waals surface area contributed by atoms with Gasteiger partial charge in [0.1, 0.15) is 0 Å². The predicted molar refractivity (Wildman–Crippen MR) is 55.5 cm³/mol. The molecule has 0 aromatic carbocycles. The second-order valence-electron chi connectivity index (χ2n) is 2.97. The molecule has 0 aliphatic rings.